The van der Waals surface area contributed by atoms with Crippen molar-refractivity contribution < 1.29 is 4.79 Å². The first-order valence-corrected chi connectivity index (χ1v) is 5.56. The number of hydrogen-bond donors (Lipinski definition) is 1. The Morgan fingerprint density at radius 1 is 1.07 bits per heavy atom. The quantitative estimate of drug-likeness (QED) is 0.611. The van der Waals surface area contributed by atoms with Crippen molar-refractivity contribution in [3.05, 3.63) is 0 Å². The Morgan fingerprint density at radius 3 is 2.21 bits per heavy atom. The van der Waals surface area contributed by atoms with Crippen LogP contribution in [0.1, 0.15) is 25.7 Å². The van der Waals surface area contributed by atoms with Crippen molar-refractivity contribution in [3.63, 3.8) is 0 Å². The fourth-order valence-electron chi connectivity index (χ4n) is 2.34. The van der Waals surface area contributed by atoms with Gasteiger partial charge in [-0.1, -0.05) is 0 Å². The van der Waals surface area contributed by atoms with Gasteiger partial charge < -0.3 is 4.90 Å². The lowest BCUT2D eigenvalue weighted by atomic mass is 9.96. The first kappa shape index (κ1) is 9.93. The van der Waals surface area contributed by atoms with Crippen molar-refractivity contribution in [2.24, 2.45) is 11.8 Å². The maximum atomic E-state index is 12.0. The standard InChI is InChI=1S/C10H19N3O/c11-13-7-3-9(4-8-13)10(14)12-5-1-2-6-12/h9H,1-8,11H2. The van der Waals surface area contributed by atoms with Gasteiger partial charge in [0.05, 0.1) is 0 Å². The van der Waals surface area contributed by atoms with Gasteiger partial charge in [-0.25, -0.2) is 5.01 Å². The lowest BCUT2D eigenvalue weighted by Gasteiger charge is -2.30. The molecule has 0 aliphatic carbocycles. The summed E-state index contributed by atoms with van der Waals surface area (Å²) in [7, 11) is 0. The molecular formula is C10H19N3O. The summed E-state index contributed by atoms with van der Waals surface area (Å²) in [6.45, 7) is 3.68. The third-order valence-corrected chi connectivity index (χ3v) is 3.30. The molecule has 2 N–H and O–H groups in total. The lowest BCUT2D eigenvalue weighted by molar-refractivity contribution is -0.135. The predicted octanol–water partition coefficient (Wildman–Crippen LogP) is 0.194. The highest BCUT2D eigenvalue weighted by atomic mass is 16.2. The van der Waals surface area contributed by atoms with E-state index >= 15 is 0 Å². The van der Waals surface area contributed by atoms with Crippen LogP contribution in [0.3, 0.4) is 0 Å². The molecule has 0 saturated carbocycles. The molecule has 2 heterocycles. The molecule has 2 aliphatic heterocycles. The smallest absolute Gasteiger partial charge is 0.225 e. The third kappa shape index (κ3) is 2.07. The third-order valence-electron chi connectivity index (χ3n) is 3.30. The first-order chi connectivity index (χ1) is 6.77. The van der Waals surface area contributed by atoms with Gasteiger partial charge in [0.1, 0.15) is 0 Å². The van der Waals surface area contributed by atoms with Crippen LogP contribution in [0.4, 0.5) is 0 Å². The van der Waals surface area contributed by atoms with E-state index < -0.39 is 0 Å². The van der Waals surface area contributed by atoms with Crippen LogP contribution < -0.4 is 5.84 Å². The molecule has 14 heavy (non-hydrogen) atoms. The highest BCUT2D eigenvalue weighted by Gasteiger charge is 2.28. The number of carbonyl (C=O) groups excluding carboxylic acids is 1. The summed E-state index contributed by atoms with van der Waals surface area (Å²) in [5.74, 6) is 6.27. The number of nitrogens with two attached hydrogens (primary N) is 1. The van der Waals surface area contributed by atoms with Crippen LogP contribution in [0.2, 0.25) is 0 Å². The summed E-state index contributed by atoms with van der Waals surface area (Å²) in [6, 6.07) is 0. The van der Waals surface area contributed by atoms with E-state index in [0.717, 1.165) is 39.0 Å². The molecule has 0 atom stereocenters. The summed E-state index contributed by atoms with van der Waals surface area (Å²) >= 11 is 0. The molecule has 2 rings (SSSR count). The molecule has 0 radical (unpaired) electrons. The number of likely N-dealkylation sites (tertiary alicyclic amines) is 1. The zero-order valence-corrected chi connectivity index (χ0v) is 8.61. The Bertz CT molecular complexity index is 205. The Kier molecular flexibility index (Phi) is 3.03. The minimum Gasteiger partial charge on any atom is -0.342 e. The largest absolute Gasteiger partial charge is 0.342 e. The van der Waals surface area contributed by atoms with E-state index in [0.29, 0.717) is 5.91 Å². The van der Waals surface area contributed by atoms with E-state index in [4.69, 9.17) is 5.84 Å². The van der Waals surface area contributed by atoms with Gasteiger partial charge in [-0.3, -0.25) is 10.6 Å². The summed E-state index contributed by atoms with van der Waals surface area (Å²) in [4.78, 5) is 14.0. The molecule has 0 unspecified atom stereocenters. The lowest BCUT2D eigenvalue weighted by Crippen LogP contribution is -2.44. The second-order valence-corrected chi connectivity index (χ2v) is 4.34. The van der Waals surface area contributed by atoms with Gasteiger partial charge in [0.15, 0.2) is 0 Å². The number of amides is 1. The van der Waals surface area contributed by atoms with Gasteiger partial charge in [-0.15, -0.1) is 0 Å². The zero-order valence-electron chi connectivity index (χ0n) is 8.61. The van der Waals surface area contributed by atoms with Crippen LogP contribution in [0.25, 0.3) is 0 Å². The molecule has 0 aromatic heterocycles. The van der Waals surface area contributed by atoms with Gasteiger partial charge in [0.25, 0.3) is 0 Å². The van der Waals surface area contributed by atoms with Gasteiger partial charge in [-0.2, -0.15) is 0 Å². The van der Waals surface area contributed by atoms with E-state index in [9.17, 15) is 4.79 Å². The Morgan fingerprint density at radius 2 is 1.64 bits per heavy atom. The predicted molar refractivity (Wildman–Crippen MR) is 54.3 cm³/mol. The monoisotopic (exact) mass is 197 g/mol. The molecule has 0 spiro atoms. The Hall–Kier alpha value is -0.610. The van der Waals surface area contributed by atoms with Crippen LogP contribution in [-0.4, -0.2) is 42.0 Å². The molecule has 0 aromatic rings. The van der Waals surface area contributed by atoms with Crippen LogP contribution >= 0.6 is 0 Å². The normalized spacial score (nSPS) is 25.6. The maximum absolute atomic E-state index is 12.0. The summed E-state index contributed by atoms with van der Waals surface area (Å²) in [5, 5.41) is 1.81. The molecule has 2 fully saturated rings. The van der Waals surface area contributed by atoms with Gasteiger partial charge >= 0.3 is 0 Å². The minimum absolute atomic E-state index is 0.243. The molecule has 2 saturated heterocycles. The van der Waals surface area contributed by atoms with Crippen LogP contribution in [0, 0.1) is 5.92 Å². The molecule has 4 nitrogen and oxygen atoms in total. The average molecular weight is 197 g/mol. The van der Waals surface area contributed by atoms with Gasteiger partial charge in [-0.05, 0) is 25.7 Å². The number of carbonyl (C=O) groups is 1. The molecular weight excluding hydrogens is 178 g/mol. The SMILES string of the molecule is NN1CCC(C(=O)N2CCCC2)CC1. The van der Waals surface area contributed by atoms with E-state index in [1.165, 1.54) is 12.8 Å². The average Bonchev–Trinajstić information content (AvgIpc) is 2.71. The van der Waals surface area contributed by atoms with Crippen molar-refractivity contribution in [1.29, 1.82) is 0 Å². The molecule has 0 aromatic carbocycles. The van der Waals surface area contributed by atoms with E-state index in [2.05, 4.69) is 0 Å². The van der Waals surface area contributed by atoms with Crippen molar-refractivity contribution in [2.75, 3.05) is 26.2 Å². The number of hydrazine groups is 1. The topological polar surface area (TPSA) is 49.6 Å². The van der Waals surface area contributed by atoms with Crippen molar-refractivity contribution in [1.82, 2.24) is 9.91 Å². The van der Waals surface area contributed by atoms with Crippen LogP contribution in [0.5, 0.6) is 0 Å². The van der Waals surface area contributed by atoms with E-state index in [-0.39, 0.29) is 5.92 Å². The highest BCUT2D eigenvalue weighted by Crippen LogP contribution is 2.20. The van der Waals surface area contributed by atoms with Crippen molar-refractivity contribution in [3.8, 4) is 0 Å². The minimum atomic E-state index is 0.243. The summed E-state index contributed by atoms with van der Waals surface area (Å²) < 4.78 is 0. The second kappa shape index (κ2) is 4.28. The number of nitrogens with zero attached hydrogens (tertiary/aromatic N) is 2. The van der Waals surface area contributed by atoms with Crippen LogP contribution in [0.15, 0.2) is 0 Å². The van der Waals surface area contributed by atoms with Gasteiger partial charge in [0.2, 0.25) is 5.91 Å². The first-order valence-electron chi connectivity index (χ1n) is 5.56. The van der Waals surface area contributed by atoms with Crippen molar-refractivity contribution in [2.45, 2.75) is 25.7 Å². The van der Waals surface area contributed by atoms with Crippen LogP contribution in [-0.2, 0) is 4.79 Å². The summed E-state index contributed by atoms with van der Waals surface area (Å²) in [6.07, 6.45) is 4.24. The number of rotatable bonds is 1. The Labute approximate surface area is 85.0 Å². The zero-order chi connectivity index (χ0) is 9.97. The maximum Gasteiger partial charge on any atom is 0.225 e. The second-order valence-electron chi connectivity index (χ2n) is 4.34. The molecule has 1 amide bonds. The molecule has 80 valence electrons. The van der Waals surface area contributed by atoms with E-state index in [1.54, 1.807) is 0 Å². The molecule has 4 heteroatoms. The summed E-state index contributed by atoms with van der Waals surface area (Å²) in [5.41, 5.74) is 0. The molecule has 0 bridgehead atoms. The van der Waals surface area contributed by atoms with Gasteiger partial charge in [0, 0.05) is 32.1 Å². The fourth-order valence-corrected chi connectivity index (χ4v) is 2.34. The van der Waals surface area contributed by atoms with Crippen molar-refractivity contribution >= 4 is 5.91 Å². The number of piperidine rings is 1. The van der Waals surface area contributed by atoms with E-state index in [1.807, 2.05) is 9.91 Å². The Balaban J connectivity index is 1.85. The molecule has 2 aliphatic rings. The fraction of sp³-hybridized carbons (Fsp3) is 0.900. The number of hydrogen-bond acceptors (Lipinski definition) is 3. The highest BCUT2D eigenvalue weighted by molar-refractivity contribution is 5.79.